The van der Waals surface area contributed by atoms with E-state index in [-0.39, 0.29) is 11.7 Å². The van der Waals surface area contributed by atoms with Gasteiger partial charge < -0.3 is 9.64 Å². The average Bonchev–Trinajstić information content (AvgIpc) is 2.59. The summed E-state index contributed by atoms with van der Waals surface area (Å²) in [4.78, 5) is 13.8. The van der Waals surface area contributed by atoms with Crippen LogP contribution in [0.4, 0.5) is 4.79 Å². The number of hydrogen-bond donors (Lipinski definition) is 0. The average molecular weight is 211 g/mol. The lowest BCUT2D eigenvalue weighted by Gasteiger charge is -2.30. The van der Waals surface area contributed by atoms with Gasteiger partial charge in [0.25, 0.3) is 0 Å². The summed E-state index contributed by atoms with van der Waals surface area (Å²) in [6.07, 6.45) is 2.32. The Hall–Kier alpha value is -0.730. The van der Waals surface area contributed by atoms with Gasteiger partial charge in [-0.15, -0.1) is 0 Å². The van der Waals surface area contributed by atoms with Crippen LogP contribution in [0.25, 0.3) is 0 Å². The number of nitrogens with zero attached hydrogens (tertiary/aromatic N) is 1. The van der Waals surface area contributed by atoms with Crippen LogP contribution >= 0.6 is 0 Å². The first-order valence-electron chi connectivity index (χ1n) is 5.88. The van der Waals surface area contributed by atoms with Crippen molar-refractivity contribution in [3.8, 4) is 0 Å². The van der Waals surface area contributed by atoms with Crippen LogP contribution in [0, 0.1) is 11.8 Å². The summed E-state index contributed by atoms with van der Waals surface area (Å²) in [5.41, 5.74) is -0.373. The van der Waals surface area contributed by atoms with Crippen LogP contribution in [-0.2, 0) is 4.74 Å². The van der Waals surface area contributed by atoms with Crippen LogP contribution in [0.5, 0.6) is 0 Å². The van der Waals surface area contributed by atoms with Crippen LogP contribution in [0.2, 0.25) is 0 Å². The largest absolute Gasteiger partial charge is 0.444 e. The minimum atomic E-state index is -0.373. The van der Waals surface area contributed by atoms with E-state index < -0.39 is 0 Å². The Morgan fingerprint density at radius 2 is 2.00 bits per heavy atom. The van der Waals surface area contributed by atoms with Crippen molar-refractivity contribution in [2.45, 2.75) is 52.2 Å². The Balaban J connectivity index is 1.99. The Morgan fingerprint density at radius 1 is 1.33 bits per heavy atom. The summed E-state index contributed by atoms with van der Waals surface area (Å²) in [6.45, 7) is 8.92. The van der Waals surface area contributed by atoms with Crippen LogP contribution < -0.4 is 0 Å². The molecular formula is C12H21NO2. The second-order valence-corrected chi connectivity index (χ2v) is 5.90. The standard InChI is InChI=1S/C12H21NO2/c1-8-9-5-6-10(8)13(7-9)11(14)15-12(2,3)4/h8-10H,5-7H2,1-4H3/t8-,9?,10?/m1/s1. The van der Waals surface area contributed by atoms with Crippen molar-refractivity contribution < 1.29 is 9.53 Å². The lowest BCUT2D eigenvalue weighted by atomic mass is 10.0. The van der Waals surface area contributed by atoms with Gasteiger partial charge in [-0.3, -0.25) is 0 Å². The number of amides is 1. The number of fused-ring (bicyclic) bond motifs is 2. The van der Waals surface area contributed by atoms with E-state index >= 15 is 0 Å². The highest BCUT2D eigenvalue weighted by Gasteiger charge is 2.47. The maximum absolute atomic E-state index is 11.9. The van der Waals surface area contributed by atoms with E-state index in [0.29, 0.717) is 17.9 Å². The van der Waals surface area contributed by atoms with Gasteiger partial charge >= 0.3 is 6.09 Å². The summed E-state index contributed by atoms with van der Waals surface area (Å²) in [5, 5.41) is 0. The second kappa shape index (κ2) is 3.39. The molecule has 1 aliphatic heterocycles. The van der Waals surface area contributed by atoms with Crippen molar-refractivity contribution in [2.75, 3.05) is 6.54 Å². The van der Waals surface area contributed by atoms with Crippen molar-refractivity contribution in [1.82, 2.24) is 4.90 Å². The molecule has 1 saturated carbocycles. The lowest BCUT2D eigenvalue weighted by molar-refractivity contribution is 0.0182. The van der Waals surface area contributed by atoms with Crippen LogP contribution in [0.3, 0.4) is 0 Å². The number of rotatable bonds is 0. The first kappa shape index (κ1) is 10.8. The third-order valence-corrected chi connectivity index (χ3v) is 3.64. The highest BCUT2D eigenvalue weighted by atomic mass is 16.6. The van der Waals surface area contributed by atoms with Gasteiger partial charge in [0.15, 0.2) is 0 Å². The zero-order valence-corrected chi connectivity index (χ0v) is 10.1. The molecule has 0 N–H and O–H groups in total. The molecule has 0 radical (unpaired) electrons. The molecule has 1 saturated heterocycles. The molecule has 3 atom stereocenters. The zero-order valence-electron chi connectivity index (χ0n) is 10.1. The van der Waals surface area contributed by atoms with Gasteiger partial charge in [-0.2, -0.15) is 0 Å². The third-order valence-electron chi connectivity index (χ3n) is 3.64. The number of carbonyl (C=O) groups excluding carboxylic acids is 1. The molecule has 3 nitrogen and oxygen atoms in total. The highest BCUT2D eigenvalue weighted by Crippen LogP contribution is 2.42. The maximum Gasteiger partial charge on any atom is 0.410 e. The second-order valence-electron chi connectivity index (χ2n) is 5.90. The van der Waals surface area contributed by atoms with Gasteiger partial charge in [0.2, 0.25) is 0 Å². The Labute approximate surface area is 91.8 Å². The van der Waals surface area contributed by atoms with Gasteiger partial charge in [0.1, 0.15) is 5.60 Å². The van der Waals surface area contributed by atoms with E-state index in [1.807, 2.05) is 25.7 Å². The molecule has 2 bridgehead atoms. The van der Waals surface area contributed by atoms with Crippen molar-refractivity contribution >= 4 is 6.09 Å². The first-order valence-corrected chi connectivity index (χ1v) is 5.88. The fraction of sp³-hybridized carbons (Fsp3) is 0.917. The smallest absolute Gasteiger partial charge is 0.410 e. The van der Waals surface area contributed by atoms with E-state index in [4.69, 9.17) is 4.74 Å². The molecule has 2 aliphatic rings. The van der Waals surface area contributed by atoms with Crippen molar-refractivity contribution in [2.24, 2.45) is 11.8 Å². The van der Waals surface area contributed by atoms with Gasteiger partial charge in [0, 0.05) is 12.6 Å². The molecule has 0 aromatic carbocycles. The Bertz CT molecular complexity index is 269. The Morgan fingerprint density at radius 3 is 2.40 bits per heavy atom. The lowest BCUT2D eigenvalue weighted by Crippen LogP contribution is -2.41. The van der Waals surface area contributed by atoms with Crippen molar-refractivity contribution in [3.63, 3.8) is 0 Å². The Kier molecular flexibility index (Phi) is 2.44. The number of carbonyl (C=O) groups is 1. The molecule has 0 aromatic heterocycles. The zero-order chi connectivity index (χ0) is 11.2. The number of piperidine rings is 1. The van der Waals surface area contributed by atoms with Crippen LogP contribution in [0.1, 0.15) is 40.5 Å². The molecule has 1 amide bonds. The van der Waals surface area contributed by atoms with E-state index in [1.54, 1.807) is 0 Å². The molecule has 2 rings (SSSR count). The van der Waals surface area contributed by atoms with Gasteiger partial charge in [-0.05, 0) is 45.4 Å². The quantitative estimate of drug-likeness (QED) is 0.616. The first-order chi connectivity index (χ1) is 6.88. The predicted octanol–water partition coefficient (Wildman–Crippen LogP) is 2.65. The van der Waals surface area contributed by atoms with Crippen molar-refractivity contribution in [3.05, 3.63) is 0 Å². The van der Waals surface area contributed by atoms with Gasteiger partial charge in [-0.1, -0.05) is 6.92 Å². The maximum atomic E-state index is 11.9. The van der Waals surface area contributed by atoms with E-state index in [9.17, 15) is 4.79 Å². The minimum absolute atomic E-state index is 0.124. The van der Waals surface area contributed by atoms with Gasteiger partial charge in [0.05, 0.1) is 0 Å². The minimum Gasteiger partial charge on any atom is -0.444 e. The fourth-order valence-electron chi connectivity index (χ4n) is 2.84. The molecular weight excluding hydrogens is 190 g/mol. The summed E-state index contributed by atoms with van der Waals surface area (Å²) in [6, 6.07) is 0.435. The molecule has 0 aromatic rings. The monoisotopic (exact) mass is 211 g/mol. The van der Waals surface area contributed by atoms with Crippen LogP contribution in [0.15, 0.2) is 0 Å². The normalized spacial score (nSPS) is 34.7. The van der Waals surface area contributed by atoms with E-state index in [1.165, 1.54) is 6.42 Å². The third kappa shape index (κ3) is 1.97. The fourth-order valence-corrected chi connectivity index (χ4v) is 2.84. The molecule has 2 fully saturated rings. The van der Waals surface area contributed by atoms with Crippen LogP contribution in [-0.4, -0.2) is 29.2 Å². The predicted molar refractivity (Wildman–Crippen MR) is 58.6 cm³/mol. The van der Waals surface area contributed by atoms with E-state index in [2.05, 4.69) is 6.92 Å². The van der Waals surface area contributed by atoms with Gasteiger partial charge in [-0.25, -0.2) is 4.79 Å². The summed E-state index contributed by atoms with van der Waals surface area (Å²) >= 11 is 0. The molecule has 86 valence electrons. The number of likely N-dealkylation sites (tertiary alicyclic amines) is 1. The molecule has 1 heterocycles. The molecule has 2 unspecified atom stereocenters. The topological polar surface area (TPSA) is 29.5 Å². The highest BCUT2D eigenvalue weighted by molar-refractivity contribution is 5.69. The van der Waals surface area contributed by atoms with E-state index in [0.717, 1.165) is 13.0 Å². The molecule has 3 heteroatoms. The molecule has 15 heavy (non-hydrogen) atoms. The van der Waals surface area contributed by atoms with Crippen molar-refractivity contribution in [1.29, 1.82) is 0 Å². The summed E-state index contributed by atoms with van der Waals surface area (Å²) < 4.78 is 5.41. The summed E-state index contributed by atoms with van der Waals surface area (Å²) in [5.74, 6) is 1.38. The molecule has 1 aliphatic carbocycles. The number of hydrogen-bond acceptors (Lipinski definition) is 2. The number of ether oxygens (including phenoxy) is 1. The summed E-state index contributed by atoms with van der Waals surface area (Å²) in [7, 11) is 0. The SMILES string of the molecule is C[C@@H]1C2CCC1N(C(=O)OC(C)(C)C)C2. The molecule has 0 spiro atoms.